The number of aliphatic hydroxyl groups is 2. The van der Waals surface area contributed by atoms with Gasteiger partial charge in [-0.1, -0.05) is 5.21 Å². The number of H-pyrrole nitrogens is 2. The highest BCUT2D eigenvalue weighted by molar-refractivity contribution is 8.07. The van der Waals surface area contributed by atoms with Crippen molar-refractivity contribution < 1.29 is 42.4 Å². The summed E-state index contributed by atoms with van der Waals surface area (Å²) < 4.78 is 54.4. The summed E-state index contributed by atoms with van der Waals surface area (Å²) in [5, 5.41) is 27.5. The molecule has 0 radical (unpaired) electrons. The van der Waals surface area contributed by atoms with E-state index in [2.05, 4.69) is 35.2 Å². The van der Waals surface area contributed by atoms with Gasteiger partial charge in [0.2, 0.25) is 5.95 Å². The Balaban J connectivity index is 1.19. The molecule has 4 aromatic heterocycles. The molecule has 6 heterocycles. The Morgan fingerprint density at radius 2 is 2.05 bits per heavy atom. The van der Waals surface area contributed by atoms with Crippen LogP contribution in [-0.4, -0.2) is 110 Å². The Bertz CT molecular complexity index is 1820. The van der Waals surface area contributed by atoms with Gasteiger partial charge in [0.15, 0.2) is 34.7 Å². The molecule has 2 saturated heterocycles. The number of hydrogen-bond donors (Lipinski definition) is 6. The van der Waals surface area contributed by atoms with Crippen molar-refractivity contribution in [3.05, 3.63) is 33.4 Å². The molecule has 2 fully saturated rings. The molecule has 6 rings (SSSR count). The molecule has 226 valence electrons. The van der Waals surface area contributed by atoms with Crippen LogP contribution in [0.2, 0.25) is 0 Å². The number of nitrogen functional groups attached to an aromatic ring is 1. The Kier molecular flexibility index (Phi) is 7.14. The number of rotatable bonds is 8. The van der Waals surface area contributed by atoms with Crippen LogP contribution in [0.15, 0.2) is 22.2 Å². The zero-order valence-corrected chi connectivity index (χ0v) is 22.6. The summed E-state index contributed by atoms with van der Waals surface area (Å²) in [5.41, 5.74) is 3.46. The van der Waals surface area contributed by atoms with Gasteiger partial charge in [0.1, 0.15) is 31.0 Å². The van der Waals surface area contributed by atoms with Crippen molar-refractivity contribution in [2.24, 2.45) is 0 Å². The van der Waals surface area contributed by atoms with Crippen molar-refractivity contribution in [2.75, 3.05) is 25.6 Å². The van der Waals surface area contributed by atoms with Gasteiger partial charge >= 0.3 is 6.72 Å². The minimum absolute atomic E-state index is 0.105. The van der Waals surface area contributed by atoms with Crippen LogP contribution in [0.5, 0.6) is 0 Å². The van der Waals surface area contributed by atoms with Gasteiger partial charge in [-0.15, -0.1) is 5.10 Å². The number of nitrogens with one attached hydrogen (secondary N) is 2. The molecule has 0 saturated carbocycles. The maximum atomic E-state index is 15.9. The number of aliphatic hydroxyl groups excluding tert-OH is 2. The minimum atomic E-state index is -4.38. The summed E-state index contributed by atoms with van der Waals surface area (Å²) in [6.45, 7) is -6.65. The number of aromatic amines is 2. The molecule has 0 spiro atoms. The molecule has 42 heavy (non-hydrogen) atoms. The van der Waals surface area contributed by atoms with Crippen LogP contribution in [0.4, 0.5) is 14.7 Å². The van der Waals surface area contributed by atoms with E-state index in [1.807, 2.05) is 0 Å². The van der Waals surface area contributed by atoms with Gasteiger partial charge in [-0.05, 0) is 11.8 Å². The predicted octanol–water partition coefficient (Wildman–Crippen LogP) is -2.54. The maximum absolute atomic E-state index is 15.9. The highest BCUT2D eigenvalue weighted by Gasteiger charge is 2.54. The lowest BCUT2D eigenvalue weighted by molar-refractivity contribution is -0.0569. The average molecular weight is 634 g/mol. The molecule has 19 nitrogen and oxygen atoms in total. The fourth-order valence-electron chi connectivity index (χ4n) is 4.68. The first-order chi connectivity index (χ1) is 19.9. The summed E-state index contributed by atoms with van der Waals surface area (Å²) in [5.74, 6) is -3.00. The molecule has 23 heteroatoms. The lowest BCUT2D eigenvalue weighted by Gasteiger charge is -2.27. The number of nitrogens with zero attached hydrogens (tertiary/aromatic N) is 7. The quantitative estimate of drug-likeness (QED) is 0.109. The second-order valence-corrected chi connectivity index (χ2v) is 12.1. The first-order valence-electron chi connectivity index (χ1n) is 12.0. The predicted molar refractivity (Wildman–Crippen MR) is 137 cm³/mol. The van der Waals surface area contributed by atoms with Crippen molar-refractivity contribution in [2.45, 2.75) is 42.6 Å². The van der Waals surface area contributed by atoms with E-state index in [0.29, 0.717) is 4.68 Å². The van der Waals surface area contributed by atoms with E-state index in [9.17, 15) is 24.7 Å². The Hall–Kier alpha value is -3.34. The number of aromatic nitrogens is 9. The molecule has 0 aliphatic carbocycles. The van der Waals surface area contributed by atoms with E-state index in [1.54, 1.807) is 0 Å². The first-order valence-corrected chi connectivity index (χ1v) is 14.6. The van der Waals surface area contributed by atoms with E-state index >= 15 is 8.78 Å². The number of anilines is 1. The van der Waals surface area contributed by atoms with Gasteiger partial charge in [0.25, 0.3) is 16.9 Å². The topological polar surface area (TPSA) is 264 Å². The molecule has 2 unspecified atom stereocenters. The maximum Gasteiger partial charge on any atom is 0.325 e. The summed E-state index contributed by atoms with van der Waals surface area (Å²) in [7, 11) is 0. The summed E-state index contributed by atoms with van der Waals surface area (Å²) in [6, 6.07) is 0. The number of alkyl halides is 2. The van der Waals surface area contributed by atoms with Crippen molar-refractivity contribution in [3.8, 4) is 0 Å². The van der Waals surface area contributed by atoms with Crippen LogP contribution in [-0.2, 0) is 36.1 Å². The molecule has 8 atom stereocenters. The van der Waals surface area contributed by atoms with Crippen LogP contribution < -0.4 is 16.9 Å². The standard InChI is InChI=1S/C19H21F2N10O9PS/c20-8-6(1-32)39-17(30-5-25-9-14(30)26-18(22)27-16(9)35)11(8)40-41(36,42)38-2-7-12(33)19(21,3-37-7)31-13-10(28-29-31)15(34)24-4-23-13/h4-8,11-12,17,32-33H,1-3H2,(H,36,42)(H,23,24,34)(H3,22,26,27,35)/t6-,7-,8+,11-,12-,17-,19?,41?/m1/s1. The molecule has 4 aromatic rings. The summed E-state index contributed by atoms with van der Waals surface area (Å²) in [4.78, 5) is 51.1. The fraction of sp³-hybridized carbons (Fsp3) is 0.526. The molecule has 2 aliphatic rings. The number of fused-ring (bicyclic) bond motifs is 2. The zero-order chi connectivity index (χ0) is 30.0. The molecule has 7 N–H and O–H groups in total. The van der Waals surface area contributed by atoms with Crippen molar-refractivity contribution in [1.82, 2.24) is 44.5 Å². The molecule has 0 aromatic carbocycles. The molecular weight excluding hydrogens is 613 g/mol. The lowest BCUT2D eigenvalue weighted by Crippen LogP contribution is -2.44. The number of hydrogen-bond acceptors (Lipinski definition) is 15. The van der Waals surface area contributed by atoms with Gasteiger partial charge in [-0.25, -0.2) is 18.7 Å². The van der Waals surface area contributed by atoms with Crippen LogP contribution in [0.25, 0.3) is 22.3 Å². The Morgan fingerprint density at radius 3 is 2.81 bits per heavy atom. The van der Waals surface area contributed by atoms with Gasteiger partial charge in [0, 0.05) is 0 Å². The van der Waals surface area contributed by atoms with Crippen molar-refractivity contribution in [1.29, 1.82) is 0 Å². The summed E-state index contributed by atoms with van der Waals surface area (Å²) >= 11 is 5.03. The zero-order valence-electron chi connectivity index (χ0n) is 20.9. The highest BCUT2D eigenvalue weighted by Crippen LogP contribution is 2.51. The molecule has 0 bridgehead atoms. The first kappa shape index (κ1) is 28.8. The molecular formula is C19H21F2N10O9PS. The third-order valence-electron chi connectivity index (χ3n) is 6.73. The van der Waals surface area contributed by atoms with E-state index in [0.717, 1.165) is 17.2 Å². The third kappa shape index (κ3) is 4.69. The largest absolute Gasteiger partial charge is 0.394 e. The average Bonchev–Trinajstić information content (AvgIpc) is 3.70. The number of nitrogens with two attached hydrogens (primary N) is 1. The van der Waals surface area contributed by atoms with Crippen molar-refractivity contribution in [3.63, 3.8) is 0 Å². The summed E-state index contributed by atoms with van der Waals surface area (Å²) in [6.07, 6.45) is -7.95. The number of imidazole rings is 1. The van der Waals surface area contributed by atoms with Crippen LogP contribution in [0.1, 0.15) is 6.23 Å². The van der Waals surface area contributed by atoms with E-state index in [1.165, 1.54) is 0 Å². The molecule has 2 aliphatic heterocycles. The van der Waals surface area contributed by atoms with E-state index in [4.69, 9.17) is 36.1 Å². The van der Waals surface area contributed by atoms with E-state index < -0.39 is 80.3 Å². The SMILES string of the molecule is Nc1nc2c(ncn2[C@@H]2O[C@H](CO)[C@H](F)[C@H]2OP(O)(=S)OC[C@H]2OCC(F)(n3nnc4c(=O)[nH]cnc43)[C@@H]2O)c(=O)[nH]1. The second kappa shape index (κ2) is 10.4. The third-order valence-corrected chi connectivity index (χ3v) is 8.29. The van der Waals surface area contributed by atoms with Gasteiger partial charge < -0.3 is 39.8 Å². The molecule has 0 amide bonds. The normalized spacial score (nSPS) is 31.3. The second-order valence-electron chi connectivity index (χ2n) is 9.32. The monoisotopic (exact) mass is 634 g/mol. The van der Waals surface area contributed by atoms with Gasteiger partial charge in [-0.2, -0.15) is 9.67 Å². The highest BCUT2D eigenvalue weighted by atomic mass is 32.5. The number of ether oxygens (including phenoxy) is 2. The van der Waals surface area contributed by atoms with Crippen LogP contribution in [0.3, 0.4) is 0 Å². The number of halogens is 2. The van der Waals surface area contributed by atoms with E-state index in [-0.39, 0.29) is 28.3 Å². The van der Waals surface area contributed by atoms with Crippen LogP contribution in [0, 0.1) is 0 Å². The lowest BCUT2D eigenvalue weighted by atomic mass is 10.1. The van der Waals surface area contributed by atoms with Gasteiger partial charge in [-0.3, -0.25) is 23.7 Å². The smallest absolute Gasteiger partial charge is 0.325 e. The van der Waals surface area contributed by atoms with Gasteiger partial charge in [0.05, 0.1) is 25.9 Å². The Morgan fingerprint density at radius 1 is 1.26 bits per heavy atom. The van der Waals surface area contributed by atoms with Crippen molar-refractivity contribution >= 4 is 46.8 Å². The minimum Gasteiger partial charge on any atom is -0.394 e. The van der Waals surface area contributed by atoms with Crippen LogP contribution >= 0.6 is 6.72 Å². The Labute approximate surface area is 235 Å². The fourth-order valence-corrected chi connectivity index (χ4v) is 6.09.